The summed E-state index contributed by atoms with van der Waals surface area (Å²) in [4.78, 5) is 24.7. The maximum Gasteiger partial charge on any atom is 0.267 e. The lowest BCUT2D eigenvalue weighted by Gasteiger charge is -2.36. The third kappa shape index (κ3) is 4.64. The van der Waals surface area contributed by atoms with Gasteiger partial charge in [0.2, 0.25) is 0 Å². The molecule has 0 saturated carbocycles. The fourth-order valence-corrected chi connectivity index (χ4v) is 4.62. The van der Waals surface area contributed by atoms with Crippen LogP contribution in [0.4, 0.5) is 11.5 Å². The summed E-state index contributed by atoms with van der Waals surface area (Å²) in [5, 5.41) is 4.38. The summed E-state index contributed by atoms with van der Waals surface area (Å²) in [6, 6.07) is 11.2. The van der Waals surface area contributed by atoms with Crippen molar-refractivity contribution < 1.29 is 9.53 Å². The topological polar surface area (TPSA) is 67.4 Å². The molecular formula is C22H23ClN4O2S. The van der Waals surface area contributed by atoms with Gasteiger partial charge in [-0.25, -0.2) is 9.97 Å². The number of morpholine rings is 1. The van der Waals surface area contributed by atoms with Crippen molar-refractivity contribution in [1.29, 1.82) is 0 Å². The Balaban J connectivity index is 1.46. The first-order chi connectivity index (χ1) is 14.4. The molecule has 1 saturated heterocycles. The Bertz CT molecular complexity index is 1030. The number of rotatable bonds is 4. The van der Waals surface area contributed by atoms with E-state index in [1.807, 2.05) is 43.3 Å². The largest absolute Gasteiger partial charge is 0.372 e. The number of carbonyl (C=O) groups is 1. The molecule has 0 aliphatic carbocycles. The van der Waals surface area contributed by atoms with Gasteiger partial charge in [-0.3, -0.25) is 4.79 Å². The van der Waals surface area contributed by atoms with Crippen LogP contribution < -0.4 is 10.2 Å². The van der Waals surface area contributed by atoms with Crippen molar-refractivity contribution in [3.8, 4) is 10.6 Å². The highest BCUT2D eigenvalue weighted by molar-refractivity contribution is 7.17. The van der Waals surface area contributed by atoms with Gasteiger partial charge in [0.15, 0.2) is 0 Å². The van der Waals surface area contributed by atoms with Gasteiger partial charge in [0.05, 0.1) is 29.8 Å². The first kappa shape index (κ1) is 20.8. The van der Waals surface area contributed by atoms with Crippen molar-refractivity contribution in [2.45, 2.75) is 33.0 Å². The SMILES string of the molecule is Cc1nc(-c2ccc(Cl)cc2)sc1C(=O)Nc1ccc(N2CC(C)OC(C)C2)nc1. The zero-order chi connectivity index (χ0) is 21.3. The van der Waals surface area contributed by atoms with E-state index < -0.39 is 0 Å². The quantitative estimate of drug-likeness (QED) is 0.613. The van der Waals surface area contributed by atoms with E-state index in [9.17, 15) is 4.79 Å². The smallest absolute Gasteiger partial charge is 0.267 e. The number of aryl methyl sites for hydroxylation is 1. The monoisotopic (exact) mass is 442 g/mol. The molecule has 1 fully saturated rings. The number of ether oxygens (including phenoxy) is 1. The van der Waals surface area contributed by atoms with E-state index in [0.717, 1.165) is 29.5 Å². The number of benzene rings is 1. The molecule has 1 N–H and O–H groups in total. The summed E-state index contributed by atoms with van der Waals surface area (Å²) in [6.45, 7) is 7.57. The molecule has 1 aliphatic rings. The van der Waals surface area contributed by atoms with Crippen molar-refractivity contribution in [3.63, 3.8) is 0 Å². The van der Waals surface area contributed by atoms with Crippen molar-refractivity contribution in [2.24, 2.45) is 0 Å². The molecule has 2 aromatic heterocycles. The number of thiazole rings is 1. The number of pyridine rings is 1. The number of hydrogen-bond donors (Lipinski definition) is 1. The lowest BCUT2D eigenvalue weighted by Crippen LogP contribution is -2.45. The first-order valence-corrected chi connectivity index (χ1v) is 11.0. The molecule has 156 valence electrons. The van der Waals surface area contributed by atoms with Crippen LogP contribution in [0.25, 0.3) is 10.6 Å². The maximum atomic E-state index is 12.8. The Kier molecular flexibility index (Phi) is 6.04. The summed E-state index contributed by atoms with van der Waals surface area (Å²) < 4.78 is 5.78. The van der Waals surface area contributed by atoms with E-state index in [-0.39, 0.29) is 18.1 Å². The molecule has 1 aromatic carbocycles. The summed E-state index contributed by atoms with van der Waals surface area (Å²) in [6.07, 6.45) is 2.02. The van der Waals surface area contributed by atoms with E-state index in [0.29, 0.717) is 21.3 Å². The van der Waals surface area contributed by atoms with E-state index >= 15 is 0 Å². The standard InChI is InChI=1S/C22H23ClN4O2S/c1-13-11-27(12-14(2)29-13)19-9-8-18(10-24-19)26-21(28)20-15(3)25-22(30-20)16-4-6-17(23)7-5-16/h4-10,13-14H,11-12H2,1-3H3,(H,26,28). The molecule has 3 aromatic rings. The van der Waals surface area contributed by atoms with Crippen LogP contribution in [0, 0.1) is 6.92 Å². The van der Waals surface area contributed by atoms with Crippen LogP contribution in [-0.2, 0) is 4.74 Å². The first-order valence-electron chi connectivity index (χ1n) is 9.80. The highest BCUT2D eigenvalue weighted by Gasteiger charge is 2.23. The minimum atomic E-state index is -0.187. The number of halogens is 1. The summed E-state index contributed by atoms with van der Waals surface area (Å²) in [5.74, 6) is 0.697. The van der Waals surface area contributed by atoms with E-state index in [2.05, 4.69) is 34.0 Å². The molecule has 4 rings (SSSR count). The molecule has 0 bridgehead atoms. The second-order valence-electron chi connectivity index (χ2n) is 7.46. The average molecular weight is 443 g/mol. The number of hydrogen-bond acceptors (Lipinski definition) is 6. The van der Waals surface area contributed by atoms with Gasteiger partial charge in [-0.05, 0) is 45.0 Å². The number of nitrogens with zero attached hydrogens (tertiary/aromatic N) is 3. The highest BCUT2D eigenvalue weighted by atomic mass is 35.5. The second kappa shape index (κ2) is 8.71. The van der Waals surface area contributed by atoms with Gasteiger partial charge in [-0.15, -0.1) is 11.3 Å². The molecule has 0 spiro atoms. The lowest BCUT2D eigenvalue weighted by atomic mass is 10.2. The van der Waals surface area contributed by atoms with Crippen molar-refractivity contribution in [2.75, 3.05) is 23.3 Å². The minimum Gasteiger partial charge on any atom is -0.372 e. The van der Waals surface area contributed by atoms with Crippen LogP contribution in [0.3, 0.4) is 0 Å². The van der Waals surface area contributed by atoms with Crippen LogP contribution in [0.15, 0.2) is 42.6 Å². The Morgan fingerprint density at radius 3 is 2.50 bits per heavy atom. The van der Waals surface area contributed by atoms with Crippen LogP contribution in [0.2, 0.25) is 5.02 Å². The average Bonchev–Trinajstić information content (AvgIpc) is 3.10. The molecule has 1 amide bonds. The van der Waals surface area contributed by atoms with Crippen molar-refractivity contribution in [1.82, 2.24) is 9.97 Å². The van der Waals surface area contributed by atoms with Crippen LogP contribution in [-0.4, -0.2) is 41.2 Å². The Labute approximate surface area is 184 Å². The normalized spacial score (nSPS) is 19.0. The zero-order valence-corrected chi connectivity index (χ0v) is 18.6. The zero-order valence-electron chi connectivity index (χ0n) is 17.1. The Morgan fingerprint density at radius 1 is 1.17 bits per heavy atom. The van der Waals surface area contributed by atoms with Gasteiger partial charge in [-0.1, -0.05) is 23.7 Å². The maximum absolute atomic E-state index is 12.8. The number of aromatic nitrogens is 2. The highest BCUT2D eigenvalue weighted by Crippen LogP contribution is 2.29. The Morgan fingerprint density at radius 2 is 1.87 bits per heavy atom. The van der Waals surface area contributed by atoms with Gasteiger partial charge >= 0.3 is 0 Å². The molecule has 30 heavy (non-hydrogen) atoms. The third-order valence-electron chi connectivity index (χ3n) is 4.84. The second-order valence-corrected chi connectivity index (χ2v) is 8.90. The summed E-state index contributed by atoms with van der Waals surface area (Å²) >= 11 is 7.32. The van der Waals surface area contributed by atoms with E-state index in [1.54, 1.807) is 6.20 Å². The fourth-order valence-electron chi connectivity index (χ4n) is 3.52. The predicted octanol–water partition coefficient (Wildman–Crippen LogP) is 5.03. The summed E-state index contributed by atoms with van der Waals surface area (Å²) in [7, 11) is 0. The minimum absolute atomic E-state index is 0.166. The lowest BCUT2D eigenvalue weighted by molar-refractivity contribution is -0.00545. The van der Waals surface area contributed by atoms with Gasteiger partial charge in [0.1, 0.15) is 15.7 Å². The molecule has 1 aliphatic heterocycles. The van der Waals surface area contributed by atoms with Gasteiger partial charge in [0, 0.05) is 23.7 Å². The molecule has 3 heterocycles. The molecular weight excluding hydrogens is 420 g/mol. The van der Waals surface area contributed by atoms with E-state index in [4.69, 9.17) is 16.3 Å². The van der Waals surface area contributed by atoms with Crippen LogP contribution in [0.1, 0.15) is 29.2 Å². The predicted molar refractivity (Wildman–Crippen MR) is 122 cm³/mol. The van der Waals surface area contributed by atoms with Crippen LogP contribution >= 0.6 is 22.9 Å². The molecule has 0 radical (unpaired) electrons. The Hall–Kier alpha value is -2.48. The molecule has 6 nitrogen and oxygen atoms in total. The number of carbonyl (C=O) groups excluding carboxylic acids is 1. The molecule has 8 heteroatoms. The number of amides is 1. The van der Waals surface area contributed by atoms with Crippen molar-refractivity contribution in [3.05, 3.63) is 58.2 Å². The van der Waals surface area contributed by atoms with Gasteiger partial charge in [-0.2, -0.15) is 0 Å². The van der Waals surface area contributed by atoms with Crippen molar-refractivity contribution >= 4 is 40.4 Å². The third-order valence-corrected chi connectivity index (χ3v) is 6.30. The van der Waals surface area contributed by atoms with E-state index in [1.165, 1.54) is 11.3 Å². The van der Waals surface area contributed by atoms with Crippen LogP contribution in [0.5, 0.6) is 0 Å². The van der Waals surface area contributed by atoms with Gasteiger partial charge < -0.3 is 15.0 Å². The number of anilines is 2. The fraction of sp³-hybridized carbons (Fsp3) is 0.318. The molecule has 2 unspecified atom stereocenters. The van der Waals surface area contributed by atoms with Gasteiger partial charge in [0.25, 0.3) is 5.91 Å². The number of nitrogens with one attached hydrogen (secondary N) is 1. The molecule has 2 atom stereocenters. The summed E-state index contributed by atoms with van der Waals surface area (Å²) in [5.41, 5.74) is 2.29.